The number of likely N-dealkylation sites (tertiary alicyclic amines) is 1. The van der Waals surface area contributed by atoms with Crippen LogP contribution < -0.4 is 24.8 Å². The van der Waals surface area contributed by atoms with Gasteiger partial charge in [0.1, 0.15) is 29.5 Å². The molecule has 57 heavy (non-hydrogen) atoms. The van der Waals surface area contributed by atoms with Crippen LogP contribution in [-0.2, 0) is 24.4 Å². The normalized spacial score (nSPS) is 22.4. The zero-order valence-electron chi connectivity index (χ0n) is 32.1. The Labute approximate surface area is 345 Å². The average molecular weight is 856 g/mol. The molecule has 4 aromatic rings. The van der Waals surface area contributed by atoms with Gasteiger partial charge in [-0.15, -0.1) is 17.9 Å². The second-order valence-corrected chi connectivity index (χ2v) is 19.6. The van der Waals surface area contributed by atoms with Crippen molar-refractivity contribution in [1.82, 2.24) is 24.9 Å². The molecule has 17 heteroatoms. The number of aryl methyl sites for hydroxylation is 1. The van der Waals surface area contributed by atoms with Crippen LogP contribution in [0.1, 0.15) is 52.0 Å². The molecule has 2 aliphatic carbocycles. The average Bonchev–Trinajstić information content (AvgIpc) is 4.05. The number of carbonyl (C=O) groups excluding carboxylic acids is 3. The first-order valence-corrected chi connectivity index (χ1v) is 21.7. The van der Waals surface area contributed by atoms with Crippen LogP contribution in [0, 0.1) is 18.3 Å². The highest BCUT2D eigenvalue weighted by molar-refractivity contribution is 7.91. The van der Waals surface area contributed by atoms with E-state index < -0.39 is 68.1 Å². The van der Waals surface area contributed by atoms with Gasteiger partial charge in [-0.3, -0.25) is 19.1 Å². The number of pyridine rings is 1. The van der Waals surface area contributed by atoms with E-state index in [0.29, 0.717) is 50.2 Å². The van der Waals surface area contributed by atoms with Gasteiger partial charge in [-0.25, -0.2) is 18.4 Å². The fourth-order valence-corrected chi connectivity index (χ4v) is 9.59. The number of aromatic nitrogens is 2. The number of sulfonamides is 1. The predicted molar refractivity (Wildman–Crippen MR) is 221 cm³/mol. The highest BCUT2D eigenvalue weighted by atomic mass is 35.5. The van der Waals surface area contributed by atoms with Crippen molar-refractivity contribution in [2.45, 2.75) is 82.4 Å². The van der Waals surface area contributed by atoms with Gasteiger partial charge in [-0.05, 0) is 67.5 Å². The van der Waals surface area contributed by atoms with E-state index in [0.717, 1.165) is 11.1 Å². The maximum absolute atomic E-state index is 14.9. The third-order valence-electron chi connectivity index (χ3n) is 10.7. The fourth-order valence-electron chi connectivity index (χ4n) is 7.19. The number of anilines is 1. The molecule has 3 amide bonds. The number of benzene rings is 2. The summed E-state index contributed by atoms with van der Waals surface area (Å²) in [5.74, 6) is -1.61. The van der Waals surface area contributed by atoms with Gasteiger partial charge in [0.15, 0.2) is 5.13 Å². The minimum Gasteiger partial charge on any atom is -0.494 e. The Morgan fingerprint density at radius 2 is 1.88 bits per heavy atom. The number of ether oxygens (including phenoxy) is 2. The lowest BCUT2D eigenvalue weighted by Crippen LogP contribution is -2.58. The first kappa shape index (κ1) is 40.7. The van der Waals surface area contributed by atoms with Gasteiger partial charge < -0.3 is 25.0 Å². The molecule has 1 aliphatic heterocycles. The summed E-state index contributed by atoms with van der Waals surface area (Å²) in [7, 11) is -2.37. The number of amides is 3. The smallest absolute Gasteiger partial charge is 0.259 e. The van der Waals surface area contributed by atoms with Crippen molar-refractivity contribution < 1.29 is 32.3 Å². The van der Waals surface area contributed by atoms with Crippen LogP contribution in [0.15, 0.2) is 60.6 Å². The Kier molecular flexibility index (Phi) is 11.0. The molecule has 2 aromatic carbocycles. The molecule has 0 unspecified atom stereocenters. The van der Waals surface area contributed by atoms with Crippen LogP contribution in [-0.4, -0.2) is 83.6 Å². The molecule has 0 spiro atoms. The molecule has 3 fully saturated rings. The highest BCUT2D eigenvalue weighted by Gasteiger charge is 2.62. The van der Waals surface area contributed by atoms with Crippen molar-refractivity contribution >= 4 is 78.2 Å². The van der Waals surface area contributed by atoms with Crippen molar-refractivity contribution in [3.8, 4) is 22.9 Å². The summed E-state index contributed by atoms with van der Waals surface area (Å²) in [6.45, 7) is 11.4. The molecule has 3 heterocycles. The van der Waals surface area contributed by atoms with Crippen LogP contribution in [0.4, 0.5) is 5.13 Å². The van der Waals surface area contributed by atoms with Crippen LogP contribution in [0.2, 0.25) is 10.0 Å². The van der Waals surface area contributed by atoms with E-state index in [4.69, 9.17) is 37.7 Å². The number of halogens is 2. The fraction of sp³-hybridized carbons (Fsp3) is 0.425. The van der Waals surface area contributed by atoms with Crippen LogP contribution in [0.25, 0.3) is 22.0 Å². The van der Waals surface area contributed by atoms with Gasteiger partial charge in [-0.2, -0.15) is 0 Å². The summed E-state index contributed by atoms with van der Waals surface area (Å²) in [5.41, 5.74) is 0.273. The van der Waals surface area contributed by atoms with Crippen molar-refractivity contribution in [2.75, 3.05) is 19.0 Å². The van der Waals surface area contributed by atoms with Crippen molar-refractivity contribution in [2.24, 2.45) is 11.3 Å². The molecule has 0 radical (unpaired) electrons. The number of hydrogen-bond donors (Lipinski definition) is 3. The first-order valence-electron chi connectivity index (χ1n) is 18.5. The van der Waals surface area contributed by atoms with Gasteiger partial charge in [0.2, 0.25) is 27.7 Å². The number of thiazole rings is 1. The van der Waals surface area contributed by atoms with E-state index in [2.05, 4.69) is 26.9 Å². The van der Waals surface area contributed by atoms with Crippen molar-refractivity contribution in [1.29, 1.82) is 0 Å². The molecule has 3 N–H and O–H groups in total. The lowest BCUT2D eigenvalue weighted by molar-refractivity contribution is -0.141. The Morgan fingerprint density at radius 3 is 2.53 bits per heavy atom. The van der Waals surface area contributed by atoms with E-state index >= 15 is 0 Å². The number of fused-ring (bicyclic) bond motifs is 1. The largest absolute Gasteiger partial charge is 0.494 e. The Morgan fingerprint density at radius 1 is 1.12 bits per heavy atom. The van der Waals surface area contributed by atoms with Gasteiger partial charge in [-0.1, -0.05) is 56.1 Å². The maximum atomic E-state index is 14.9. The van der Waals surface area contributed by atoms with Gasteiger partial charge in [0.05, 0.1) is 30.8 Å². The second kappa shape index (κ2) is 15.4. The number of carbonyl (C=O) groups is 3. The van der Waals surface area contributed by atoms with Gasteiger partial charge in [0, 0.05) is 44.1 Å². The summed E-state index contributed by atoms with van der Waals surface area (Å²) in [4.78, 5) is 53.7. The molecule has 5 atom stereocenters. The third kappa shape index (κ3) is 8.30. The predicted octanol–water partition coefficient (Wildman–Crippen LogP) is 6.53. The zero-order chi connectivity index (χ0) is 41.0. The lowest BCUT2D eigenvalue weighted by Gasteiger charge is -2.35. The molecular formula is C40H44Cl2N6O7S2. The standard InChI is InChI=1S/C40H44Cl2N6O7S2/c1-7-23-17-40(23,37(51)47-57(52,53)26-10-11-26)46-34(49)31-16-25(55-35-28-15-24(41)9-12-27(28)32(54-6)18-43-35)19-48(31)36(50)33(39(3,4)5)45-38-44-30(20-56-38)22-8-13-29(42)21(2)14-22/h7-9,12-15,18,20,23,25-26,31,33H,1,10-11,16-17,19H2,2-6H3,(H,44,45)(H,46,49)(H,47,51)/t23-,25-,31+,33-,40-/m1/s1. The molecule has 2 aromatic heterocycles. The second-order valence-electron chi connectivity index (χ2n) is 15.9. The molecule has 1 saturated heterocycles. The summed E-state index contributed by atoms with van der Waals surface area (Å²) < 4.78 is 39.7. The minimum atomic E-state index is -3.90. The van der Waals surface area contributed by atoms with Crippen LogP contribution >= 0.6 is 34.5 Å². The Bertz CT molecular complexity index is 2380. The monoisotopic (exact) mass is 854 g/mol. The summed E-state index contributed by atoms with van der Waals surface area (Å²) in [6, 6.07) is 8.90. The Hall–Kier alpha value is -4.44. The van der Waals surface area contributed by atoms with Crippen LogP contribution in [0.5, 0.6) is 11.6 Å². The first-order chi connectivity index (χ1) is 26.9. The van der Waals surface area contributed by atoms with Crippen LogP contribution in [0.3, 0.4) is 0 Å². The van der Waals surface area contributed by atoms with Gasteiger partial charge in [0.25, 0.3) is 5.91 Å². The van der Waals surface area contributed by atoms with E-state index in [1.165, 1.54) is 35.6 Å². The summed E-state index contributed by atoms with van der Waals surface area (Å²) in [5, 5.41) is 10.3. The quantitative estimate of drug-likeness (QED) is 0.126. The summed E-state index contributed by atoms with van der Waals surface area (Å²) in [6.07, 6.45) is 3.45. The highest BCUT2D eigenvalue weighted by Crippen LogP contribution is 2.46. The van der Waals surface area contributed by atoms with E-state index in [1.54, 1.807) is 18.2 Å². The molecular weight excluding hydrogens is 812 g/mol. The molecule has 3 aliphatic rings. The molecule has 7 rings (SSSR count). The minimum absolute atomic E-state index is 0.00569. The number of rotatable bonds is 13. The maximum Gasteiger partial charge on any atom is 0.259 e. The number of nitrogens with zero attached hydrogens (tertiary/aromatic N) is 3. The lowest BCUT2D eigenvalue weighted by atomic mass is 9.85. The van der Waals surface area contributed by atoms with Crippen molar-refractivity contribution in [3.05, 3.63) is 76.2 Å². The molecule has 302 valence electrons. The van der Waals surface area contributed by atoms with E-state index in [9.17, 15) is 22.8 Å². The van der Waals surface area contributed by atoms with Gasteiger partial charge >= 0.3 is 0 Å². The number of nitrogens with one attached hydrogen (secondary N) is 3. The number of hydrogen-bond acceptors (Lipinski definition) is 11. The molecule has 13 nitrogen and oxygen atoms in total. The molecule has 2 saturated carbocycles. The van der Waals surface area contributed by atoms with Crippen molar-refractivity contribution in [3.63, 3.8) is 0 Å². The number of methoxy groups -OCH3 is 1. The third-order valence-corrected chi connectivity index (χ3v) is 14.0. The van der Waals surface area contributed by atoms with E-state index in [-0.39, 0.29) is 25.3 Å². The SMILES string of the molecule is C=C[C@@H]1C[C@]1(NC(=O)[C@@H]1C[C@@H](Oc2ncc(OC)c3ccc(Cl)cc23)CN1C(=O)[C@@H](Nc1nc(-c2ccc(Cl)c(C)c2)cs1)C(C)(C)C)C(=O)NS(=O)(=O)C1CC1. The molecule has 0 bridgehead atoms. The van der Waals surface area contributed by atoms with E-state index in [1.807, 2.05) is 51.3 Å². The summed E-state index contributed by atoms with van der Waals surface area (Å²) >= 11 is 14.0. The Balaban J connectivity index is 1.19. The topological polar surface area (TPSA) is 169 Å². The zero-order valence-corrected chi connectivity index (χ0v) is 35.2.